The van der Waals surface area contributed by atoms with Gasteiger partial charge in [0.2, 0.25) is 0 Å². The molecule has 1 aliphatic heterocycles. The van der Waals surface area contributed by atoms with E-state index < -0.39 is 0 Å². The highest BCUT2D eigenvalue weighted by Crippen LogP contribution is 2.15. The third kappa shape index (κ3) is 3.82. The molecule has 0 saturated carbocycles. The van der Waals surface area contributed by atoms with E-state index in [9.17, 15) is 0 Å². The molecule has 2 N–H and O–H groups in total. The van der Waals surface area contributed by atoms with Crippen LogP contribution in [0.3, 0.4) is 0 Å². The van der Waals surface area contributed by atoms with Crippen LogP contribution in [0.4, 0.5) is 0 Å². The first kappa shape index (κ1) is 13.6. The van der Waals surface area contributed by atoms with E-state index in [2.05, 4.69) is 48.7 Å². The highest BCUT2D eigenvalue weighted by atomic mass is 15.0. The van der Waals surface area contributed by atoms with Crippen LogP contribution in [0.25, 0.3) is 0 Å². The number of nitrogens with one attached hydrogen (secondary N) is 2. The third-order valence-electron chi connectivity index (χ3n) is 3.87. The molecular weight excluding hydrogens is 220 g/mol. The van der Waals surface area contributed by atoms with Gasteiger partial charge in [0, 0.05) is 25.2 Å². The van der Waals surface area contributed by atoms with E-state index in [4.69, 9.17) is 0 Å². The molecule has 1 heterocycles. The molecule has 0 fully saturated rings. The van der Waals surface area contributed by atoms with Gasteiger partial charge in [-0.05, 0) is 30.9 Å². The molecule has 0 aromatic heterocycles. The van der Waals surface area contributed by atoms with Crippen molar-refractivity contribution < 1.29 is 0 Å². The topological polar surface area (TPSA) is 24.1 Å². The molecule has 1 aromatic rings. The molecule has 2 atom stereocenters. The molecule has 100 valence electrons. The molecule has 1 aliphatic rings. The van der Waals surface area contributed by atoms with Gasteiger partial charge in [0.25, 0.3) is 0 Å². The highest BCUT2D eigenvalue weighted by molar-refractivity contribution is 5.29. The van der Waals surface area contributed by atoms with Crippen molar-refractivity contribution >= 4 is 0 Å². The fraction of sp³-hybridized carbons (Fsp3) is 0.625. The lowest BCUT2D eigenvalue weighted by Gasteiger charge is -2.27. The highest BCUT2D eigenvalue weighted by Gasteiger charge is 2.17. The second-order valence-corrected chi connectivity index (χ2v) is 5.50. The second-order valence-electron chi connectivity index (χ2n) is 5.50. The maximum atomic E-state index is 3.66. The zero-order chi connectivity index (χ0) is 12.8. The van der Waals surface area contributed by atoms with Gasteiger partial charge in [-0.2, -0.15) is 0 Å². The van der Waals surface area contributed by atoms with Gasteiger partial charge in [-0.15, -0.1) is 0 Å². The van der Waals surface area contributed by atoms with Crippen molar-refractivity contribution in [1.82, 2.24) is 10.6 Å². The number of unbranched alkanes of at least 4 members (excludes halogenated alkanes) is 1. The minimum Gasteiger partial charge on any atom is -0.313 e. The van der Waals surface area contributed by atoms with E-state index in [0.717, 1.165) is 19.5 Å². The molecule has 0 bridgehead atoms. The normalized spacial score (nSPS) is 20.4. The van der Waals surface area contributed by atoms with Crippen molar-refractivity contribution in [2.45, 2.75) is 58.2 Å². The van der Waals surface area contributed by atoms with Crippen LogP contribution in [0.5, 0.6) is 0 Å². The summed E-state index contributed by atoms with van der Waals surface area (Å²) in [6.45, 7) is 6.66. The van der Waals surface area contributed by atoms with Gasteiger partial charge in [0.1, 0.15) is 0 Å². The van der Waals surface area contributed by atoms with Crippen molar-refractivity contribution in [2.75, 3.05) is 6.54 Å². The maximum absolute atomic E-state index is 3.66. The first-order valence-corrected chi connectivity index (χ1v) is 7.33. The minimum atomic E-state index is 0.587. The van der Waals surface area contributed by atoms with Crippen molar-refractivity contribution in [1.29, 1.82) is 0 Å². The van der Waals surface area contributed by atoms with Crippen LogP contribution in [0.1, 0.15) is 44.2 Å². The summed E-state index contributed by atoms with van der Waals surface area (Å²) >= 11 is 0. The van der Waals surface area contributed by atoms with E-state index >= 15 is 0 Å². The fourth-order valence-corrected chi connectivity index (χ4v) is 2.62. The summed E-state index contributed by atoms with van der Waals surface area (Å²) in [5.74, 6) is 0. The zero-order valence-corrected chi connectivity index (χ0v) is 11.7. The van der Waals surface area contributed by atoms with Gasteiger partial charge in [-0.1, -0.05) is 44.0 Å². The van der Waals surface area contributed by atoms with Crippen LogP contribution in [0, 0.1) is 0 Å². The van der Waals surface area contributed by atoms with Gasteiger partial charge in [-0.3, -0.25) is 0 Å². The molecule has 0 amide bonds. The molecule has 2 nitrogen and oxygen atoms in total. The Morgan fingerprint density at radius 1 is 1.33 bits per heavy atom. The number of fused-ring (bicyclic) bond motifs is 1. The second kappa shape index (κ2) is 6.91. The lowest BCUT2D eigenvalue weighted by molar-refractivity contribution is 0.408. The average Bonchev–Trinajstić information content (AvgIpc) is 2.42. The molecular formula is C16H26N2. The summed E-state index contributed by atoms with van der Waals surface area (Å²) in [4.78, 5) is 0. The van der Waals surface area contributed by atoms with Crippen LogP contribution in [0.2, 0.25) is 0 Å². The fourth-order valence-electron chi connectivity index (χ4n) is 2.62. The van der Waals surface area contributed by atoms with Crippen LogP contribution in [0.15, 0.2) is 24.3 Å². The van der Waals surface area contributed by atoms with Gasteiger partial charge in [0.05, 0.1) is 0 Å². The first-order chi connectivity index (χ1) is 8.79. The van der Waals surface area contributed by atoms with Crippen LogP contribution < -0.4 is 10.6 Å². The van der Waals surface area contributed by atoms with Crippen LogP contribution in [-0.2, 0) is 13.0 Å². The van der Waals surface area contributed by atoms with E-state index in [-0.39, 0.29) is 0 Å². The van der Waals surface area contributed by atoms with E-state index in [1.807, 2.05) is 0 Å². The summed E-state index contributed by atoms with van der Waals surface area (Å²) < 4.78 is 0. The molecule has 0 spiro atoms. The predicted octanol–water partition coefficient (Wildman–Crippen LogP) is 2.87. The number of benzene rings is 1. The standard InChI is InChI=1S/C16H26N2/c1-3-4-7-13(2)17-12-16-10-14-8-5-6-9-15(14)11-18-16/h5-6,8-9,13,16-18H,3-4,7,10-12H2,1-2H3. The Bertz CT molecular complexity index is 362. The smallest absolute Gasteiger partial charge is 0.0236 e. The molecule has 0 radical (unpaired) electrons. The molecule has 2 rings (SSSR count). The third-order valence-corrected chi connectivity index (χ3v) is 3.87. The maximum Gasteiger partial charge on any atom is 0.0236 e. The molecule has 18 heavy (non-hydrogen) atoms. The van der Waals surface area contributed by atoms with Crippen molar-refractivity contribution in [3.63, 3.8) is 0 Å². The minimum absolute atomic E-state index is 0.587. The summed E-state index contributed by atoms with van der Waals surface area (Å²) in [5, 5.41) is 7.28. The Kier molecular flexibility index (Phi) is 5.21. The largest absolute Gasteiger partial charge is 0.313 e. The van der Waals surface area contributed by atoms with Gasteiger partial charge in [0.15, 0.2) is 0 Å². The monoisotopic (exact) mass is 246 g/mol. The number of hydrogen-bond donors (Lipinski definition) is 2. The Labute approximate surface area is 111 Å². The molecule has 0 saturated heterocycles. The first-order valence-electron chi connectivity index (χ1n) is 7.33. The summed E-state index contributed by atoms with van der Waals surface area (Å²) in [6, 6.07) is 10.0. The zero-order valence-electron chi connectivity index (χ0n) is 11.7. The van der Waals surface area contributed by atoms with Gasteiger partial charge in [-0.25, -0.2) is 0 Å². The summed E-state index contributed by atoms with van der Waals surface area (Å²) in [6.07, 6.45) is 5.07. The molecule has 0 aliphatic carbocycles. The van der Waals surface area contributed by atoms with E-state index in [1.54, 1.807) is 0 Å². The van der Waals surface area contributed by atoms with Crippen LogP contribution in [-0.4, -0.2) is 18.6 Å². The molecule has 2 unspecified atom stereocenters. The van der Waals surface area contributed by atoms with Crippen molar-refractivity contribution in [3.05, 3.63) is 35.4 Å². The number of hydrogen-bond acceptors (Lipinski definition) is 2. The predicted molar refractivity (Wildman–Crippen MR) is 77.8 cm³/mol. The van der Waals surface area contributed by atoms with Crippen molar-refractivity contribution in [2.24, 2.45) is 0 Å². The van der Waals surface area contributed by atoms with Gasteiger partial charge < -0.3 is 10.6 Å². The summed E-state index contributed by atoms with van der Waals surface area (Å²) in [5.41, 5.74) is 2.98. The lowest BCUT2D eigenvalue weighted by atomic mass is 9.96. The average molecular weight is 246 g/mol. The van der Waals surface area contributed by atoms with E-state index in [1.165, 1.54) is 30.4 Å². The Balaban J connectivity index is 1.76. The van der Waals surface area contributed by atoms with E-state index in [0.29, 0.717) is 12.1 Å². The Morgan fingerprint density at radius 2 is 2.11 bits per heavy atom. The SMILES string of the molecule is CCCCC(C)NCC1Cc2ccccc2CN1. The van der Waals surface area contributed by atoms with Gasteiger partial charge >= 0.3 is 0 Å². The number of rotatable bonds is 6. The Hall–Kier alpha value is -0.860. The molecule has 1 aromatic carbocycles. The lowest BCUT2D eigenvalue weighted by Crippen LogP contribution is -2.45. The quantitative estimate of drug-likeness (QED) is 0.806. The van der Waals surface area contributed by atoms with Crippen molar-refractivity contribution in [3.8, 4) is 0 Å². The Morgan fingerprint density at radius 3 is 2.89 bits per heavy atom. The molecule has 2 heteroatoms. The summed E-state index contributed by atoms with van der Waals surface area (Å²) in [7, 11) is 0. The van der Waals surface area contributed by atoms with Crippen LogP contribution >= 0.6 is 0 Å².